The number of benzene rings is 2. The lowest BCUT2D eigenvalue weighted by Gasteiger charge is -2.33. The fourth-order valence-electron chi connectivity index (χ4n) is 6.17. The Balaban J connectivity index is 1.29. The summed E-state index contributed by atoms with van der Waals surface area (Å²) in [7, 11) is 0. The first-order chi connectivity index (χ1) is 21.2. The molecule has 2 aliphatic heterocycles. The summed E-state index contributed by atoms with van der Waals surface area (Å²) in [6.45, 7) is 4.80. The number of anilines is 1. The molecule has 4 heterocycles. The largest absolute Gasteiger partial charge is 0.376 e. The van der Waals surface area contributed by atoms with Crippen molar-refractivity contribution in [1.82, 2.24) is 23.6 Å². The number of ether oxygens (including phenoxy) is 1. The second-order valence-corrected chi connectivity index (χ2v) is 11.6. The molecule has 2 saturated heterocycles. The van der Waals surface area contributed by atoms with Gasteiger partial charge in [0, 0.05) is 31.8 Å². The number of carbonyl (C=O) groups excluding carboxylic acids is 1. The van der Waals surface area contributed by atoms with Gasteiger partial charge in [0.05, 0.1) is 64.1 Å². The van der Waals surface area contributed by atoms with Crippen LogP contribution in [0.3, 0.4) is 0 Å². The van der Waals surface area contributed by atoms with Crippen LogP contribution in [0.5, 0.6) is 0 Å². The molecule has 12 nitrogen and oxygen atoms in total. The van der Waals surface area contributed by atoms with Crippen LogP contribution in [0.15, 0.2) is 51.0 Å². The lowest BCUT2D eigenvalue weighted by molar-refractivity contribution is 0.0947. The van der Waals surface area contributed by atoms with E-state index >= 15 is 4.39 Å². The number of urea groups is 1. The standard InChI is InChI=1S/C31H32FN7O5/c1-18(2)39-27-13-24(32)26(12-23(27)29(41)37(31(39)43)16-21-6-4-10-44-21)35-30(42)36-9-3-5-20(15-36)38-17-34-25-11-19(14-33)7-8-22(25)28(38)40/h7-8,11-13,17-18,20-21H,3-6,9-10,15-16H2,1-2H3,(H,35,42). The van der Waals surface area contributed by atoms with Crippen molar-refractivity contribution in [3.05, 3.63) is 79.2 Å². The Morgan fingerprint density at radius 1 is 1.14 bits per heavy atom. The van der Waals surface area contributed by atoms with Crippen molar-refractivity contribution >= 4 is 33.5 Å². The Labute approximate surface area is 250 Å². The third-order valence-corrected chi connectivity index (χ3v) is 8.42. The average molecular weight is 602 g/mol. The monoisotopic (exact) mass is 601 g/mol. The molecule has 6 rings (SSSR count). The highest BCUT2D eigenvalue weighted by Crippen LogP contribution is 2.25. The minimum absolute atomic E-state index is 0.0943. The zero-order chi connectivity index (χ0) is 31.1. The second-order valence-electron chi connectivity index (χ2n) is 11.6. The number of hydrogen-bond donors (Lipinski definition) is 1. The SMILES string of the molecule is CC(C)n1c(=O)n(CC2CCCO2)c(=O)c2cc(NC(=O)N3CCCC(n4cnc5cc(C#N)ccc5c4=O)C3)c(F)cc21. The Morgan fingerprint density at radius 2 is 1.95 bits per heavy atom. The van der Waals surface area contributed by atoms with Crippen molar-refractivity contribution in [2.24, 2.45) is 0 Å². The fourth-order valence-corrected chi connectivity index (χ4v) is 6.17. The summed E-state index contributed by atoms with van der Waals surface area (Å²) in [6, 6.07) is 7.82. The molecule has 0 saturated carbocycles. The average Bonchev–Trinajstić information content (AvgIpc) is 3.53. The topological polar surface area (TPSA) is 144 Å². The first kappa shape index (κ1) is 29.3. The van der Waals surface area contributed by atoms with Crippen LogP contribution >= 0.6 is 0 Å². The van der Waals surface area contributed by atoms with Gasteiger partial charge in [-0.1, -0.05) is 0 Å². The smallest absolute Gasteiger partial charge is 0.331 e. The number of carbonyl (C=O) groups is 1. The number of nitrogens with one attached hydrogen (secondary N) is 1. The van der Waals surface area contributed by atoms with Gasteiger partial charge in [-0.15, -0.1) is 0 Å². The maximum absolute atomic E-state index is 15.4. The molecule has 0 radical (unpaired) electrons. The van der Waals surface area contributed by atoms with Crippen molar-refractivity contribution in [2.75, 3.05) is 25.0 Å². The van der Waals surface area contributed by atoms with E-state index < -0.39 is 23.1 Å². The molecular formula is C31H32FN7O5. The van der Waals surface area contributed by atoms with E-state index in [1.54, 1.807) is 32.0 Å². The predicted molar refractivity (Wildman–Crippen MR) is 161 cm³/mol. The van der Waals surface area contributed by atoms with Gasteiger partial charge in [0.2, 0.25) is 0 Å². The molecular weight excluding hydrogens is 569 g/mol. The van der Waals surface area contributed by atoms with E-state index in [4.69, 9.17) is 10.00 Å². The molecule has 2 aromatic heterocycles. The van der Waals surface area contributed by atoms with E-state index in [2.05, 4.69) is 10.3 Å². The normalized spacial score (nSPS) is 18.7. The number of aromatic nitrogens is 4. The molecule has 0 spiro atoms. The first-order valence-electron chi connectivity index (χ1n) is 14.7. The molecule has 2 fully saturated rings. The number of nitrogens with zero attached hydrogens (tertiary/aromatic N) is 6. The number of hydrogen-bond acceptors (Lipinski definition) is 7. The van der Waals surface area contributed by atoms with Gasteiger partial charge in [-0.25, -0.2) is 19.0 Å². The number of fused-ring (bicyclic) bond motifs is 2. The van der Waals surface area contributed by atoms with Crippen LogP contribution in [0, 0.1) is 17.1 Å². The minimum Gasteiger partial charge on any atom is -0.376 e. The quantitative estimate of drug-likeness (QED) is 0.369. The minimum atomic E-state index is -0.781. The Bertz CT molecular complexity index is 2000. The van der Waals surface area contributed by atoms with Crippen molar-refractivity contribution in [3.63, 3.8) is 0 Å². The summed E-state index contributed by atoms with van der Waals surface area (Å²) >= 11 is 0. The second kappa shape index (κ2) is 11.7. The predicted octanol–water partition coefficient (Wildman–Crippen LogP) is 3.51. The van der Waals surface area contributed by atoms with Crippen molar-refractivity contribution in [3.8, 4) is 6.07 Å². The van der Waals surface area contributed by atoms with Crippen LogP contribution < -0.4 is 22.1 Å². The van der Waals surface area contributed by atoms with Crippen molar-refractivity contribution in [2.45, 2.75) is 64.3 Å². The van der Waals surface area contributed by atoms with Gasteiger partial charge >= 0.3 is 11.7 Å². The van der Waals surface area contributed by atoms with E-state index in [0.717, 1.165) is 23.5 Å². The number of amides is 2. The molecule has 2 aromatic carbocycles. The molecule has 2 aliphatic rings. The van der Waals surface area contributed by atoms with Gasteiger partial charge in [0.15, 0.2) is 0 Å². The van der Waals surface area contributed by atoms with Crippen LogP contribution in [-0.2, 0) is 11.3 Å². The van der Waals surface area contributed by atoms with Crippen molar-refractivity contribution in [1.29, 1.82) is 5.26 Å². The summed E-state index contributed by atoms with van der Waals surface area (Å²) in [5.41, 5.74) is -0.598. The highest BCUT2D eigenvalue weighted by Gasteiger charge is 2.28. The number of halogens is 1. The lowest BCUT2D eigenvalue weighted by atomic mass is 10.1. The number of nitriles is 1. The van der Waals surface area contributed by atoms with E-state index in [1.807, 2.05) is 6.07 Å². The molecule has 0 aliphatic carbocycles. The van der Waals surface area contributed by atoms with E-state index in [0.29, 0.717) is 42.5 Å². The number of piperidine rings is 1. The zero-order valence-corrected chi connectivity index (χ0v) is 24.5. The van der Waals surface area contributed by atoms with Crippen LogP contribution in [0.4, 0.5) is 14.9 Å². The number of rotatable bonds is 5. The molecule has 44 heavy (non-hydrogen) atoms. The summed E-state index contributed by atoms with van der Waals surface area (Å²) in [5.74, 6) is -0.781. The highest BCUT2D eigenvalue weighted by atomic mass is 19.1. The molecule has 4 aromatic rings. The van der Waals surface area contributed by atoms with Crippen LogP contribution in [0.1, 0.15) is 57.2 Å². The van der Waals surface area contributed by atoms with Gasteiger partial charge in [0.1, 0.15) is 5.82 Å². The summed E-state index contributed by atoms with van der Waals surface area (Å²) < 4.78 is 25.1. The Kier molecular flexibility index (Phi) is 7.77. The maximum atomic E-state index is 15.4. The van der Waals surface area contributed by atoms with E-state index in [-0.39, 0.29) is 53.4 Å². The van der Waals surface area contributed by atoms with Gasteiger partial charge < -0.3 is 15.0 Å². The third-order valence-electron chi connectivity index (χ3n) is 8.42. The van der Waals surface area contributed by atoms with Crippen LogP contribution in [-0.4, -0.2) is 55.4 Å². The summed E-state index contributed by atoms with van der Waals surface area (Å²) in [4.78, 5) is 59.3. The van der Waals surface area contributed by atoms with Gasteiger partial charge in [-0.05, 0) is 63.8 Å². The molecule has 2 amide bonds. The van der Waals surface area contributed by atoms with Gasteiger partial charge in [-0.2, -0.15) is 5.26 Å². The van der Waals surface area contributed by atoms with Crippen LogP contribution in [0.25, 0.3) is 21.8 Å². The lowest BCUT2D eigenvalue weighted by Crippen LogP contribution is -2.45. The van der Waals surface area contributed by atoms with Crippen LogP contribution in [0.2, 0.25) is 0 Å². The van der Waals surface area contributed by atoms with Gasteiger partial charge in [-0.3, -0.25) is 23.3 Å². The fraction of sp³-hybridized carbons (Fsp3) is 0.419. The van der Waals surface area contributed by atoms with Crippen molar-refractivity contribution < 1.29 is 13.9 Å². The molecule has 1 N–H and O–H groups in total. The molecule has 228 valence electrons. The molecule has 2 atom stereocenters. The van der Waals surface area contributed by atoms with E-state index in [9.17, 15) is 19.2 Å². The molecule has 2 unspecified atom stereocenters. The number of likely N-dealkylation sites (tertiary alicyclic amines) is 1. The Hall–Kier alpha value is -4.83. The van der Waals surface area contributed by atoms with Gasteiger partial charge in [0.25, 0.3) is 11.1 Å². The zero-order valence-electron chi connectivity index (χ0n) is 24.5. The van der Waals surface area contributed by atoms with E-state index in [1.165, 1.54) is 26.4 Å². The third kappa shape index (κ3) is 5.26. The summed E-state index contributed by atoms with van der Waals surface area (Å²) in [6.07, 6.45) is 3.98. The molecule has 13 heteroatoms. The highest BCUT2D eigenvalue weighted by molar-refractivity contribution is 5.93. The summed E-state index contributed by atoms with van der Waals surface area (Å²) in [5, 5.41) is 12.2. The first-order valence-corrected chi connectivity index (χ1v) is 14.7. The molecule has 0 bridgehead atoms. The maximum Gasteiger partial charge on any atom is 0.331 e. The Morgan fingerprint density at radius 3 is 2.68 bits per heavy atom.